The largest absolute Gasteiger partial charge is 0.345 e. The van der Waals surface area contributed by atoms with Gasteiger partial charge in [0, 0.05) is 23.8 Å². The zero-order valence-electron chi connectivity index (χ0n) is 14.1. The van der Waals surface area contributed by atoms with Crippen molar-refractivity contribution in [1.29, 1.82) is 0 Å². The Kier molecular flexibility index (Phi) is 6.08. The highest BCUT2D eigenvalue weighted by molar-refractivity contribution is 7.98. The SMILES string of the molecule is CSc1ccccc1NC(=O)C(=O)NCC(c1ccsc1)n1cccn1. The molecule has 0 saturated carbocycles. The van der Waals surface area contributed by atoms with Crippen LogP contribution in [-0.4, -0.2) is 34.4 Å². The van der Waals surface area contributed by atoms with Crippen molar-refractivity contribution in [2.75, 3.05) is 18.1 Å². The molecule has 3 rings (SSSR count). The molecule has 0 radical (unpaired) electrons. The number of benzene rings is 1. The van der Waals surface area contributed by atoms with Gasteiger partial charge in [0.1, 0.15) is 0 Å². The molecule has 2 aromatic heterocycles. The van der Waals surface area contributed by atoms with Crippen LogP contribution >= 0.6 is 23.1 Å². The van der Waals surface area contributed by atoms with Crippen LogP contribution in [0.25, 0.3) is 0 Å². The maximum Gasteiger partial charge on any atom is 0.313 e. The second-order valence-corrected chi connectivity index (χ2v) is 7.05. The van der Waals surface area contributed by atoms with Gasteiger partial charge in [-0.25, -0.2) is 0 Å². The molecule has 1 unspecified atom stereocenters. The van der Waals surface area contributed by atoms with Crippen LogP contribution in [0.1, 0.15) is 11.6 Å². The minimum atomic E-state index is -0.684. The number of thioether (sulfide) groups is 1. The highest BCUT2D eigenvalue weighted by atomic mass is 32.2. The molecule has 0 aliphatic rings. The number of anilines is 1. The molecule has 134 valence electrons. The van der Waals surface area contributed by atoms with E-state index in [0.29, 0.717) is 5.69 Å². The van der Waals surface area contributed by atoms with E-state index in [1.165, 1.54) is 11.8 Å². The van der Waals surface area contributed by atoms with Gasteiger partial charge < -0.3 is 10.6 Å². The average molecular weight is 387 g/mol. The Morgan fingerprint density at radius 2 is 2.08 bits per heavy atom. The molecule has 1 atom stereocenters. The molecule has 2 heterocycles. The second kappa shape index (κ2) is 8.68. The van der Waals surface area contributed by atoms with E-state index in [-0.39, 0.29) is 12.6 Å². The molecule has 3 aromatic rings. The molecule has 0 aliphatic carbocycles. The van der Waals surface area contributed by atoms with Crippen LogP contribution in [0.3, 0.4) is 0 Å². The number of aromatic nitrogens is 2. The zero-order chi connectivity index (χ0) is 18.4. The number of rotatable bonds is 6. The molecular formula is C18H18N4O2S2. The van der Waals surface area contributed by atoms with E-state index < -0.39 is 11.8 Å². The lowest BCUT2D eigenvalue weighted by Crippen LogP contribution is -2.39. The number of nitrogens with zero attached hydrogens (tertiary/aromatic N) is 2. The highest BCUT2D eigenvalue weighted by Crippen LogP contribution is 2.24. The standard InChI is InChI=1S/C18H18N4O2S2/c1-25-16-6-3-2-5-14(16)21-18(24)17(23)19-11-15(13-7-10-26-12-13)22-9-4-8-20-22/h2-10,12,15H,11H2,1H3,(H,19,23)(H,21,24). The quantitative estimate of drug-likeness (QED) is 0.504. The lowest BCUT2D eigenvalue weighted by Gasteiger charge is -2.17. The average Bonchev–Trinajstić information content (AvgIpc) is 3.36. The third-order valence-corrected chi connectivity index (χ3v) is 5.29. The summed E-state index contributed by atoms with van der Waals surface area (Å²) in [6.07, 6.45) is 5.44. The Bertz CT molecular complexity index is 829. The molecule has 0 saturated heterocycles. The summed E-state index contributed by atoms with van der Waals surface area (Å²) in [4.78, 5) is 25.4. The van der Waals surface area contributed by atoms with Crippen LogP contribution in [0.2, 0.25) is 0 Å². The predicted octanol–water partition coefficient (Wildman–Crippen LogP) is 3.01. The van der Waals surface area contributed by atoms with Gasteiger partial charge in [0.25, 0.3) is 0 Å². The summed E-state index contributed by atoms with van der Waals surface area (Å²) in [7, 11) is 0. The van der Waals surface area contributed by atoms with Gasteiger partial charge in [-0.1, -0.05) is 12.1 Å². The van der Waals surface area contributed by atoms with E-state index in [0.717, 1.165) is 10.5 Å². The van der Waals surface area contributed by atoms with Crippen molar-refractivity contribution in [3.8, 4) is 0 Å². The number of amides is 2. The van der Waals surface area contributed by atoms with Gasteiger partial charge in [-0.2, -0.15) is 16.4 Å². The van der Waals surface area contributed by atoms with E-state index in [9.17, 15) is 9.59 Å². The fourth-order valence-corrected chi connectivity index (χ4v) is 3.75. The lowest BCUT2D eigenvalue weighted by atomic mass is 10.1. The first-order chi connectivity index (χ1) is 12.7. The summed E-state index contributed by atoms with van der Waals surface area (Å²) in [5.41, 5.74) is 1.66. The van der Waals surface area contributed by atoms with Crippen LogP contribution < -0.4 is 10.6 Å². The summed E-state index contributed by atoms with van der Waals surface area (Å²) >= 11 is 3.08. The fraction of sp³-hybridized carbons (Fsp3) is 0.167. The minimum absolute atomic E-state index is 0.161. The number of nitrogens with one attached hydrogen (secondary N) is 2. The molecule has 0 bridgehead atoms. The third kappa shape index (κ3) is 4.33. The number of thiophene rings is 1. The van der Waals surface area contributed by atoms with Crippen molar-refractivity contribution in [2.24, 2.45) is 0 Å². The molecule has 2 N–H and O–H groups in total. The van der Waals surface area contributed by atoms with Gasteiger partial charge in [0.2, 0.25) is 0 Å². The van der Waals surface area contributed by atoms with Gasteiger partial charge in [-0.3, -0.25) is 14.3 Å². The van der Waals surface area contributed by atoms with Crippen molar-refractivity contribution in [2.45, 2.75) is 10.9 Å². The van der Waals surface area contributed by atoms with Crippen molar-refractivity contribution >= 4 is 40.6 Å². The summed E-state index contributed by atoms with van der Waals surface area (Å²) in [6.45, 7) is 0.273. The fourth-order valence-electron chi connectivity index (χ4n) is 2.49. The molecule has 1 aromatic carbocycles. The Balaban J connectivity index is 1.64. The number of para-hydroxylation sites is 1. The highest BCUT2D eigenvalue weighted by Gasteiger charge is 2.19. The van der Waals surface area contributed by atoms with Crippen LogP contribution in [0.5, 0.6) is 0 Å². The first kappa shape index (κ1) is 18.2. The predicted molar refractivity (Wildman–Crippen MR) is 105 cm³/mol. The lowest BCUT2D eigenvalue weighted by molar-refractivity contribution is -0.136. The van der Waals surface area contributed by atoms with Gasteiger partial charge in [0.15, 0.2) is 0 Å². The Labute approximate surface area is 159 Å². The second-order valence-electron chi connectivity index (χ2n) is 5.42. The van der Waals surface area contributed by atoms with E-state index in [1.54, 1.807) is 28.3 Å². The molecule has 26 heavy (non-hydrogen) atoms. The number of carbonyl (C=O) groups is 2. The molecule has 0 aliphatic heterocycles. The maximum absolute atomic E-state index is 12.2. The molecule has 2 amide bonds. The smallest absolute Gasteiger partial charge is 0.313 e. The first-order valence-corrected chi connectivity index (χ1v) is 10.1. The van der Waals surface area contributed by atoms with Crippen LogP contribution in [0, 0.1) is 0 Å². The number of carbonyl (C=O) groups excluding carboxylic acids is 2. The maximum atomic E-state index is 12.2. The van der Waals surface area contributed by atoms with Crippen molar-refractivity contribution in [1.82, 2.24) is 15.1 Å². The summed E-state index contributed by atoms with van der Waals surface area (Å²) in [5.74, 6) is -1.36. The normalized spacial score (nSPS) is 11.7. The van der Waals surface area contributed by atoms with Crippen LogP contribution in [0.15, 0.2) is 64.4 Å². The Morgan fingerprint density at radius 1 is 1.23 bits per heavy atom. The zero-order valence-corrected chi connectivity index (χ0v) is 15.7. The van der Waals surface area contributed by atoms with Gasteiger partial charge in [-0.15, -0.1) is 11.8 Å². The van der Waals surface area contributed by atoms with Crippen molar-refractivity contribution in [3.63, 3.8) is 0 Å². The first-order valence-electron chi connectivity index (χ1n) is 7.92. The van der Waals surface area contributed by atoms with E-state index in [2.05, 4.69) is 15.7 Å². The van der Waals surface area contributed by atoms with E-state index in [1.807, 2.05) is 53.5 Å². The van der Waals surface area contributed by atoms with Crippen molar-refractivity contribution in [3.05, 3.63) is 65.1 Å². The van der Waals surface area contributed by atoms with Crippen LogP contribution in [-0.2, 0) is 9.59 Å². The topological polar surface area (TPSA) is 76.0 Å². The summed E-state index contributed by atoms with van der Waals surface area (Å²) in [5, 5.41) is 13.6. The van der Waals surface area contributed by atoms with Gasteiger partial charge in [0.05, 0.1) is 11.7 Å². The Hall–Kier alpha value is -2.58. The minimum Gasteiger partial charge on any atom is -0.345 e. The monoisotopic (exact) mass is 386 g/mol. The molecule has 0 fully saturated rings. The molecule has 0 spiro atoms. The van der Waals surface area contributed by atoms with Crippen molar-refractivity contribution < 1.29 is 9.59 Å². The van der Waals surface area contributed by atoms with Gasteiger partial charge >= 0.3 is 11.8 Å². The molecule has 8 heteroatoms. The van der Waals surface area contributed by atoms with Gasteiger partial charge in [-0.05, 0) is 46.8 Å². The number of hydrogen-bond donors (Lipinski definition) is 2. The number of hydrogen-bond acceptors (Lipinski definition) is 5. The third-order valence-electron chi connectivity index (χ3n) is 3.79. The summed E-state index contributed by atoms with van der Waals surface area (Å²) < 4.78 is 1.77. The van der Waals surface area contributed by atoms with E-state index in [4.69, 9.17) is 0 Å². The van der Waals surface area contributed by atoms with E-state index >= 15 is 0 Å². The van der Waals surface area contributed by atoms with Crippen LogP contribution in [0.4, 0.5) is 5.69 Å². The summed E-state index contributed by atoms with van der Waals surface area (Å²) in [6, 6.07) is 11.0. The Morgan fingerprint density at radius 3 is 2.77 bits per heavy atom. The molecule has 6 nitrogen and oxygen atoms in total. The molecular weight excluding hydrogens is 368 g/mol.